The molecular weight excluding hydrogens is 320 g/mol. The van der Waals surface area contributed by atoms with Crippen LogP contribution in [0.15, 0.2) is 61.3 Å². The van der Waals surface area contributed by atoms with E-state index in [1.807, 2.05) is 6.08 Å². The average molecular weight is 356 g/mol. The molecule has 1 unspecified atom stereocenters. The van der Waals surface area contributed by atoms with Gasteiger partial charge in [-0.2, -0.15) is 0 Å². The summed E-state index contributed by atoms with van der Waals surface area (Å²) >= 11 is 0. The highest BCUT2D eigenvalue weighted by Crippen LogP contribution is 2.07. The molecule has 0 spiro atoms. The summed E-state index contributed by atoms with van der Waals surface area (Å²) in [6, 6.07) is 14.9. The minimum absolute atomic E-state index is 0.257. The number of nitrogens with one attached hydrogen (secondary N) is 1. The zero-order valence-electron chi connectivity index (χ0n) is 16.4. The third kappa shape index (κ3) is 7.19. The molecule has 0 aliphatic carbocycles. The van der Waals surface area contributed by atoms with E-state index < -0.39 is 0 Å². The van der Waals surface area contributed by atoms with Crippen molar-refractivity contribution in [2.75, 3.05) is 13.1 Å². The summed E-state index contributed by atoms with van der Waals surface area (Å²) in [5.74, 6) is 0.687. The second-order valence-corrected chi connectivity index (χ2v) is 7.70. The summed E-state index contributed by atoms with van der Waals surface area (Å²) in [7, 11) is 0. The molecule has 142 valence electrons. The second-order valence-electron chi connectivity index (χ2n) is 7.70. The van der Waals surface area contributed by atoms with Gasteiger partial charge in [-0.05, 0) is 42.9 Å². The quantitative estimate of drug-likeness (QED) is 0.562. The molecular formula is C23H35N2O+. The Morgan fingerprint density at radius 2 is 1.88 bits per heavy atom. The molecule has 2 rings (SSSR count). The van der Waals surface area contributed by atoms with Gasteiger partial charge < -0.3 is 14.6 Å². The maximum atomic E-state index is 10.4. The molecule has 2 aromatic rings. The van der Waals surface area contributed by atoms with Crippen LogP contribution >= 0.6 is 0 Å². The molecule has 0 bridgehead atoms. The van der Waals surface area contributed by atoms with E-state index in [2.05, 4.69) is 73.7 Å². The van der Waals surface area contributed by atoms with Gasteiger partial charge in [0.25, 0.3) is 0 Å². The molecule has 2 N–H and O–H groups in total. The Morgan fingerprint density at radius 3 is 2.58 bits per heavy atom. The van der Waals surface area contributed by atoms with Crippen molar-refractivity contribution in [2.24, 2.45) is 5.92 Å². The summed E-state index contributed by atoms with van der Waals surface area (Å²) in [4.78, 5) is 1.46. The van der Waals surface area contributed by atoms with Gasteiger partial charge >= 0.3 is 0 Å². The first-order valence-electron chi connectivity index (χ1n) is 9.89. The summed E-state index contributed by atoms with van der Waals surface area (Å²) in [5.41, 5.74) is 2.66. The van der Waals surface area contributed by atoms with Gasteiger partial charge in [0.1, 0.15) is 19.2 Å². The monoisotopic (exact) mass is 355 g/mol. The normalized spacial score (nSPS) is 13.7. The van der Waals surface area contributed by atoms with Crippen LogP contribution in [0.25, 0.3) is 0 Å². The molecule has 0 radical (unpaired) electrons. The lowest BCUT2D eigenvalue weighted by Gasteiger charge is -2.24. The fourth-order valence-corrected chi connectivity index (χ4v) is 3.30. The smallest absolute Gasteiger partial charge is 0.118 e. The van der Waals surface area contributed by atoms with Crippen molar-refractivity contribution in [3.05, 3.63) is 72.6 Å². The highest BCUT2D eigenvalue weighted by atomic mass is 16.3. The standard InChI is InChI=1S/C23H34N2O/c1-4-5-13-23(26)19-24(16-14-20(2)3)18-22-12-9-15-25(22)17-21-10-7-6-8-11-21/h4,6-12,15,20,23,26H,1,5,13-14,16-19H2,2-3H3/p+1/t23-/m0/s1. The molecule has 1 heterocycles. The van der Waals surface area contributed by atoms with Crippen molar-refractivity contribution < 1.29 is 10.0 Å². The van der Waals surface area contributed by atoms with Crippen LogP contribution < -0.4 is 4.90 Å². The first-order valence-corrected chi connectivity index (χ1v) is 9.89. The lowest BCUT2D eigenvalue weighted by molar-refractivity contribution is -0.917. The number of benzene rings is 1. The summed E-state index contributed by atoms with van der Waals surface area (Å²) in [5, 5.41) is 10.4. The predicted octanol–water partition coefficient (Wildman–Crippen LogP) is 3.29. The van der Waals surface area contributed by atoms with Crippen LogP contribution in [-0.2, 0) is 13.1 Å². The Morgan fingerprint density at radius 1 is 1.12 bits per heavy atom. The molecule has 0 saturated carbocycles. The minimum Gasteiger partial charge on any atom is -0.387 e. The fraction of sp³-hybridized carbons (Fsp3) is 0.478. The van der Waals surface area contributed by atoms with Crippen molar-refractivity contribution in [1.82, 2.24) is 4.57 Å². The second kappa shape index (κ2) is 11.0. The lowest BCUT2D eigenvalue weighted by atomic mass is 10.1. The molecule has 1 aromatic carbocycles. The first-order chi connectivity index (χ1) is 12.6. The molecule has 1 aromatic heterocycles. The van der Waals surface area contributed by atoms with Gasteiger partial charge in [-0.25, -0.2) is 0 Å². The van der Waals surface area contributed by atoms with Crippen LogP contribution in [0.3, 0.4) is 0 Å². The lowest BCUT2D eigenvalue weighted by Crippen LogP contribution is -3.12. The van der Waals surface area contributed by atoms with Gasteiger partial charge in [0.05, 0.1) is 12.2 Å². The average Bonchev–Trinajstić information content (AvgIpc) is 3.05. The van der Waals surface area contributed by atoms with Gasteiger partial charge in [0.2, 0.25) is 0 Å². The van der Waals surface area contributed by atoms with Crippen molar-refractivity contribution in [1.29, 1.82) is 0 Å². The van der Waals surface area contributed by atoms with Crippen LogP contribution in [0.1, 0.15) is 44.4 Å². The van der Waals surface area contributed by atoms with Gasteiger partial charge in [0.15, 0.2) is 0 Å². The number of hydrogen-bond acceptors (Lipinski definition) is 1. The molecule has 2 atom stereocenters. The van der Waals surface area contributed by atoms with Crippen molar-refractivity contribution >= 4 is 0 Å². The van der Waals surface area contributed by atoms with Crippen LogP contribution in [-0.4, -0.2) is 28.9 Å². The Kier molecular flexibility index (Phi) is 8.66. The highest BCUT2D eigenvalue weighted by Gasteiger charge is 2.17. The minimum atomic E-state index is -0.257. The third-order valence-electron chi connectivity index (χ3n) is 4.85. The van der Waals surface area contributed by atoms with E-state index >= 15 is 0 Å². The molecule has 0 amide bonds. The van der Waals surface area contributed by atoms with Crippen molar-refractivity contribution in [3.63, 3.8) is 0 Å². The zero-order valence-corrected chi connectivity index (χ0v) is 16.4. The number of quaternary nitrogens is 1. The maximum absolute atomic E-state index is 10.4. The summed E-state index contributed by atoms with van der Waals surface area (Å²) < 4.78 is 2.33. The predicted molar refractivity (Wildman–Crippen MR) is 109 cm³/mol. The highest BCUT2D eigenvalue weighted by molar-refractivity contribution is 5.17. The molecule has 26 heavy (non-hydrogen) atoms. The number of nitrogens with zero attached hydrogens (tertiary/aromatic N) is 1. The Hall–Kier alpha value is -1.84. The van der Waals surface area contributed by atoms with E-state index in [0.29, 0.717) is 5.92 Å². The van der Waals surface area contributed by atoms with Crippen LogP contribution in [0.5, 0.6) is 0 Å². The maximum Gasteiger partial charge on any atom is 0.118 e. The van der Waals surface area contributed by atoms with Crippen LogP contribution in [0.4, 0.5) is 0 Å². The van der Waals surface area contributed by atoms with Gasteiger partial charge in [-0.3, -0.25) is 0 Å². The topological polar surface area (TPSA) is 29.6 Å². The van der Waals surface area contributed by atoms with E-state index in [4.69, 9.17) is 0 Å². The van der Waals surface area contributed by atoms with Crippen LogP contribution in [0, 0.1) is 5.92 Å². The third-order valence-corrected chi connectivity index (χ3v) is 4.85. The summed E-state index contributed by atoms with van der Waals surface area (Å²) in [6.45, 7) is 12.1. The zero-order chi connectivity index (χ0) is 18.8. The first kappa shape index (κ1) is 20.5. The molecule has 0 aliphatic heterocycles. The Bertz CT molecular complexity index is 633. The number of rotatable bonds is 12. The number of aliphatic hydroxyl groups excluding tert-OH is 1. The van der Waals surface area contributed by atoms with Gasteiger partial charge in [0, 0.05) is 12.7 Å². The van der Waals surface area contributed by atoms with Gasteiger partial charge in [-0.1, -0.05) is 50.3 Å². The Labute approximate surface area is 159 Å². The molecule has 0 fully saturated rings. The number of aliphatic hydroxyl groups is 1. The molecule has 3 nitrogen and oxygen atoms in total. The van der Waals surface area contributed by atoms with Gasteiger partial charge in [-0.15, -0.1) is 6.58 Å². The van der Waals surface area contributed by atoms with Crippen molar-refractivity contribution in [3.8, 4) is 0 Å². The molecule has 0 aliphatic rings. The molecule has 0 saturated heterocycles. The van der Waals surface area contributed by atoms with E-state index in [1.165, 1.54) is 22.6 Å². The summed E-state index contributed by atoms with van der Waals surface area (Å²) in [6.07, 6.45) is 6.66. The number of hydrogen-bond donors (Lipinski definition) is 2. The van der Waals surface area contributed by atoms with E-state index in [1.54, 1.807) is 0 Å². The van der Waals surface area contributed by atoms with Crippen molar-refractivity contribution in [2.45, 2.75) is 52.3 Å². The number of allylic oxidation sites excluding steroid dienone is 1. The largest absolute Gasteiger partial charge is 0.387 e. The fourth-order valence-electron chi connectivity index (χ4n) is 3.30. The van der Waals surface area contributed by atoms with E-state index in [9.17, 15) is 5.11 Å². The number of aromatic nitrogens is 1. The van der Waals surface area contributed by atoms with E-state index in [0.717, 1.165) is 39.0 Å². The SMILES string of the molecule is C=CCC[C@H](O)C[NH+](CCC(C)C)Cc1cccn1Cc1ccccc1. The Balaban J connectivity index is 2.02. The van der Waals surface area contributed by atoms with Crippen LogP contribution in [0.2, 0.25) is 0 Å². The van der Waals surface area contributed by atoms with E-state index in [-0.39, 0.29) is 6.10 Å². The molecule has 3 heteroatoms.